The molecule has 2 rings (SSSR count). The number of amides is 1. The molecule has 4 heteroatoms. The first kappa shape index (κ1) is 8.01. The number of ether oxygens (including phenoxy) is 1. The Morgan fingerprint density at radius 1 is 1.50 bits per heavy atom. The third kappa shape index (κ3) is 1.32. The lowest BCUT2D eigenvalue weighted by atomic mass is 9.93. The zero-order chi connectivity index (χ0) is 8.55. The van der Waals surface area contributed by atoms with Gasteiger partial charge in [-0.1, -0.05) is 6.92 Å². The van der Waals surface area contributed by atoms with Gasteiger partial charge in [0.25, 0.3) is 0 Å². The highest BCUT2D eigenvalue weighted by molar-refractivity contribution is 5.78. The number of piperidine rings is 1. The maximum atomic E-state index is 11.0. The number of morpholine rings is 1. The van der Waals surface area contributed by atoms with Crippen LogP contribution in [0, 0.1) is 5.92 Å². The molecule has 0 aliphatic carbocycles. The van der Waals surface area contributed by atoms with E-state index in [1.807, 2.05) is 0 Å². The van der Waals surface area contributed by atoms with Crippen molar-refractivity contribution in [2.45, 2.75) is 19.1 Å². The fourth-order valence-electron chi connectivity index (χ4n) is 1.93. The fourth-order valence-corrected chi connectivity index (χ4v) is 1.93. The smallest absolute Gasteiger partial charge is 0.246 e. The molecule has 2 N–H and O–H groups in total. The Morgan fingerprint density at radius 2 is 2.33 bits per heavy atom. The van der Waals surface area contributed by atoms with E-state index in [1.165, 1.54) is 0 Å². The van der Waals surface area contributed by atoms with Gasteiger partial charge in [0.1, 0.15) is 6.61 Å². The molecule has 0 spiro atoms. The zero-order valence-electron chi connectivity index (χ0n) is 7.17. The Bertz CT molecular complexity index is 195. The second-order valence-electron chi connectivity index (χ2n) is 3.59. The van der Waals surface area contributed by atoms with Crippen LogP contribution in [0.25, 0.3) is 0 Å². The molecule has 2 fully saturated rings. The van der Waals surface area contributed by atoms with E-state index in [1.54, 1.807) is 0 Å². The SMILES string of the molecule is C[C@H]1CNC[C@H]2NC(=O)CO[C@@H]12. The van der Waals surface area contributed by atoms with Gasteiger partial charge in [0.15, 0.2) is 0 Å². The number of carbonyl (C=O) groups excluding carboxylic acids is 1. The highest BCUT2D eigenvalue weighted by Gasteiger charge is 2.35. The third-order valence-electron chi connectivity index (χ3n) is 2.54. The molecule has 68 valence electrons. The third-order valence-corrected chi connectivity index (χ3v) is 2.54. The van der Waals surface area contributed by atoms with Crippen molar-refractivity contribution >= 4 is 5.91 Å². The molecule has 3 atom stereocenters. The number of rotatable bonds is 0. The molecule has 0 bridgehead atoms. The molecule has 2 aliphatic rings. The number of hydrogen-bond donors (Lipinski definition) is 2. The highest BCUT2D eigenvalue weighted by Crippen LogP contribution is 2.17. The van der Waals surface area contributed by atoms with Gasteiger partial charge in [-0.05, 0) is 5.92 Å². The molecule has 12 heavy (non-hydrogen) atoms. The predicted molar refractivity (Wildman–Crippen MR) is 43.7 cm³/mol. The van der Waals surface area contributed by atoms with Crippen LogP contribution in [0.1, 0.15) is 6.92 Å². The molecular weight excluding hydrogens is 156 g/mol. The molecule has 0 aromatic rings. The van der Waals surface area contributed by atoms with Gasteiger partial charge in [0, 0.05) is 13.1 Å². The van der Waals surface area contributed by atoms with E-state index in [9.17, 15) is 4.79 Å². The first-order valence-electron chi connectivity index (χ1n) is 4.39. The molecule has 0 aromatic carbocycles. The molecule has 1 amide bonds. The Morgan fingerprint density at radius 3 is 3.17 bits per heavy atom. The van der Waals surface area contributed by atoms with Crippen molar-refractivity contribution in [1.29, 1.82) is 0 Å². The summed E-state index contributed by atoms with van der Waals surface area (Å²) in [4.78, 5) is 11.0. The number of fused-ring (bicyclic) bond motifs is 1. The van der Waals surface area contributed by atoms with Crippen molar-refractivity contribution < 1.29 is 9.53 Å². The lowest BCUT2D eigenvalue weighted by Gasteiger charge is -2.40. The van der Waals surface area contributed by atoms with Crippen molar-refractivity contribution in [2.24, 2.45) is 5.92 Å². The van der Waals surface area contributed by atoms with Gasteiger partial charge in [-0.15, -0.1) is 0 Å². The molecule has 2 aliphatic heterocycles. The van der Waals surface area contributed by atoms with Crippen molar-refractivity contribution in [2.75, 3.05) is 19.7 Å². The summed E-state index contributed by atoms with van der Waals surface area (Å²) in [7, 11) is 0. The van der Waals surface area contributed by atoms with Crippen molar-refractivity contribution in [3.05, 3.63) is 0 Å². The van der Waals surface area contributed by atoms with Crippen LogP contribution in [0.3, 0.4) is 0 Å². The molecule has 4 nitrogen and oxygen atoms in total. The summed E-state index contributed by atoms with van der Waals surface area (Å²) in [5, 5.41) is 6.18. The second-order valence-corrected chi connectivity index (χ2v) is 3.59. The van der Waals surface area contributed by atoms with Crippen molar-refractivity contribution in [3.63, 3.8) is 0 Å². The van der Waals surface area contributed by atoms with Crippen LogP contribution < -0.4 is 10.6 Å². The minimum absolute atomic E-state index is 0.00662. The van der Waals surface area contributed by atoms with Gasteiger partial charge in [-0.2, -0.15) is 0 Å². The second kappa shape index (κ2) is 3.03. The van der Waals surface area contributed by atoms with E-state index in [0.717, 1.165) is 13.1 Å². The Balaban J connectivity index is 2.04. The minimum Gasteiger partial charge on any atom is -0.366 e. The van der Waals surface area contributed by atoms with Crippen LogP contribution in [-0.4, -0.2) is 37.7 Å². The van der Waals surface area contributed by atoms with Gasteiger partial charge in [0.2, 0.25) is 5.91 Å². The summed E-state index contributed by atoms with van der Waals surface area (Å²) in [6.45, 7) is 4.19. The number of nitrogens with one attached hydrogen (secondary N) is 2. The minimum atomic E-state index is 0.00662. The lowest BCUT2D eigenvalue weighted by Crippen LogP contribution is -2.62. The maximum Gasteiger partial charge on any atom is 0.246 e. The lowest BCUT2D eigenvalue weighted by molar-refractivity contribution is -0.141. The fraction of sp³-hybridized carbons (Fsp3) is 0.875. The summed E-state index contributed by atoms with van der Waals surface area (Å²) in [5.41, 5.74) is 0. The van der Waals surface area contributed by atoms with Gasteiger partial charge in [0.05, 0.1) is 12.1 Å². The number of hydrogen-bond acceptors (Lipinski definition) is 3. The van der Waals surface area contributed by atoms with Crippen LogP contribution in [0.2, 0.25) is 0 Å². The van der Waals surface area contributed by atoms with E-state index in [0.29, 0.717) is 5.92 Å². The highest BCUT2D eigenvalue weighted by atomic mass is 16.5. The van der Waals surface area contributed by atoms with Crippen LogP contribution in [0.5, 0.6) is 0 Å². The normalized spacial score (nSPS) is 41.8. The molecule has 2 saturated heterocycles. The zero-order valence-corrected chi connectivity index (χ0v) is 7.17. The average Bonchev–Trinajstić information content (AvgIpc) is 2.04. The first-order valence-corrected chi connectivity index (χ1v) is 4.39. The van der Waals surface area contributed by atoms with Crippen LogP contribution in [0.15, 0.2) is 0 Å². The summed E-state index contributed by atoms with van der Waals surface area (Å²) in [6, 6.07) is 0.176. The Hall–Kier alpha value is -0.610. The van der Waals surface area contributed by atoms with Gasteiger partial charge in [-0.25, -0.2) is 0 Å². The topological polar surface area (TPSA) is 50.4 Å². The molecule has 0 aromatic heterocycles. The van der Waals surface area contributed by atoms with Gasteiger partial charge in [-0.3, -0.25) is 4.79 Å². The largest absolute Gasteiger partial charge is 0.366 e. The van der Waals surface area contributed by atoms with Crippen molar-refractivity contribution in [3.8, 4) is 0 Å². The molecular formula is C8H14N2O2. The van der Waals surface area contributed by atoms with E-state index in [4.69, 9.17) is 4.74 Å². The van der Waals surface area contributed by atoms with Gasteiger partial charge >= 0.3 is 0 Å². The average molecular weight is 170 g/mol. The summed E-state index contributed by atoms with van der Waals surface area (Å²) < 4.78 is 5.45. The summed E-state index contributed by atoms with van der Waals surface area (Å²) in [5.74, 6) is 0.497. The monoisotopic (exact) mass is 170 g/mol. The van der Waals surface area contributed by atoms with Crippen molar-refractivity contribution in [1.82, 2.24) is 10.6 Å². The summed E-state index contributed by atoms with van der Waals surface area (Å²) in [6.07, 6.45) is 0.212. The quantitative estimate of drug-likeness (QED) is 0.496. The molecule has 2 heterocycles. The van der Waals surface area contributed by atoms with Crippen LogP contribution >= 0.6 is 0 Å². The van der Waals surface area contributed by atoms with E-state index >= 15 is 0 Å². The standard InChI is InChI=1S/C8H14N2O2/c1-5-2-9-3-6-8(5)12-4-7(11)10-6/h5-6,8-9H,2-4H2,1H3,(H,10,11)/t5-,6+,8-/m0/s1. The Labute approximate surface area is 71.7 Å². The summed E-state index contributed by atoms with van der Waals surface area (Å²) >= 11 is 0. The van der Waals surface area contributed by atoms with Crippen LogP contribution in [-0.2, 0) is 9.53 Å². The van der Waals surface area contributed by atoms with E-state index in [-0.39, 0.29) is 24.7 Å². The Kier molecular flexibility index (Phi) is 2.02. The van der Waals surface area contributed by atoms with Gasteiger partial charge < -0.3 is 15.4 Å². The number of carbonyl (C=O) groups is 1. The predicted octanol–water partition coefficient (Wildman–Crippen LogP) is -0.891. The molecule has 0 radical (unpaired) electrons. The van der Waals surface area contributed by atoms with E-state index < -0.39 is 0 Å². The van der Waals surface area contributed by atoms with E-state index in [2.05, 4.69) is 17.6 Å². The maximum absolute atomic E-state index is 11.0. The molecule has 0 saturated carbocycles. The van der Waals surface area contributed by atoms with Crippen LogP contribution in [0.4, 0.5) is 0 Å². The molecule has 0 unspecified atom stereocenters. The first-order chi connectivity index (χ1) is 5.77.